The summed E-state index contributed by atoms with van der Waals surface area (Å²) < 4.78 is 0. The van der Waals surface area contributed by atoms with E-state index in [0.717, 1.165) is 0 Å². The fraction of sp³-hybridized carbons (Fsp3) is 0. The number of hydrogen-bond donors (Lipinski definition) is 2. The Kier molecular flexibility index (Phi) is 16.9. The topological polar surface area (TPSA) is 63.3 Å². The van der Waals surface area contributed by atoms with Gasteiger partial charge >= 0.3 is 60.2 Å². The van der Waals surface area contributed by atoms with Gasteiger partial charge in [0.2, 0.25) is 0 Å². The molecule has 3 N–H and O–H groups in total. The predicted molar refractivity (Wildman–Crippen MR) is 27.4 cm³/mol. The summed E-state index contributed by atoms with van der Waals surface area (Å²) in [5.74, 6) is 0. The van der Waals surface area contributed by atoms with E-state index in [0.29, 0.717) is 0 Å². The summed E-state index contributed by atoms with van der Waals surface area (Å²) in [4.78, 5) is 8.78. The zero-order chi connectivity index (χ0) is 6.99. The van der Waals surface area contributed by atoms with E-state index in [9.17, 15) is 0 Å². The molecule has 0 aliphatic rings. The second-order valence-electron chi connectivity index (χ2n) is 0.474. The van der Waals surface area contributed by atoms with Gasteiger partial charge in [0, 0.05) is 0 Å². The number of nitrogens with two attached hydrogens (primary N) is 1. The first-order valence-electron chi connectivity index (χ1n) is 1.22. The van der Waals surface area contributed by atoms with Gasteiger partial charge in [-0.05, 0) is 0 Å². The third kappa shape index (κ3) is 53.7. The molecule has 0 aromatic rings. The van der Waals surface area contributed by atoms with Crippen LogP contribution in [0, 0.1) is 0 Å². The normalized spacial score (nSPS) is 6.50. The van der Waals surface area contributed by atoms with E-state index in [2.05, 4.69) is 5.73 Å². The number of primary amides is 1. The Bertz CT molecular complexity index is 56.0. The SMILES string of the molecule is NC(=O)O.[Mo][S][S][Mo]. The molecule has 3 nitrogen and oxygen atoms in total. The molecule has 0 unspecified atom stereocenters. The molecule has 48 valence electrons. The van der Waals surface area contributed by atoms with Crippen LogP contribution in [0.15, 0.2) is 0 Å². The fourth-order valence-corrected chi connectivity index (χ4v) is 0. The van der Waals surface area contributed by atoms with Crippen molar-refractivity contribution in [3.63, 3.8) is 0 Å². The van der Waals surface area contributed by atoms with Gasteiger partial charge in [0.1, 0.15) is 0 Å². The van der Waals surface area contributed by atoms with Gasteiger partial charge in [-0.15, -0.1) is 0 Å². The van der Waals surface area contributed by atoms with Gasteiger partial charge in [0.25, 0.3) is 0 Å². The van der Waals surface area contributed by atoms with Crippen LogP contribution in [0.1, 0.15) is 0 Å². The monoisotopic (exact) mass is 321 g/mol. The van der Waals surface area contributed by atoms with Crippen LogP contribution in [-0.4, -0.2) is 11.2 Å². The van der Waals surface area contributed by atoms with Gasteiger partial charge < -0.3 is 10.8 Å². The zero-order valence-corrected chi connectivity index (χ0v) is 9.21. The minimum absolute atomic E-state index is 1.33. The van der Waals surface area contributed by atoms with E-state index in [1.54, 1.807) is 17.0 Å². The molecule has 0 fully saturated rings. The second kappa shape index (κ2) is 11.2. The molecule has 1 amide bonds. The van der Waals surface area contributed by atoms with Gasteiger partial charge in [0.15, 0.2) is 0 Å². The third-order valence-electron chi connectivity index (χ3n) is 0.0278. The minimum atomic E-state index is -1.33. The molecule has 0 heterocycles. The Morgan fingerprint density at radius 1 is 1.50 bits per heavy atom. The van der Waals surface area contributed by atoms with Crippen LogP contribution in [0.2, 0.25) is 0 Å². The number of carboxylic acid groups (broad SMARTS) is 1. The molecule has 0 aromatic carbocycles. The Balaban J connectivity index is 0. The van der Waals surface area contributed by atoms with E-state index < -0.39 is 6.09 Å². The van der Waals surface area contributed by atoms with Gasteiger partial charge in [-0.3, -0.25) is 0 Å². The molecule has 0 spiro atoms. The molecular formula is CH3Mo2NO2S2. The van der Waals surface area contributed by atoms with Crippen LogP contribution < -0.4 is 5.73 Å². The van der Waals surface area contributed by atoms with E-state index >= 15 is 0 Å². The van der Waals surface area contributed by atoms with E-state index in [1.165, 1.54) is 0 Å². The van der Waals surface area contributed by atoms with Crippen LogP contribution in [0.4, 0.5) is 4.79 Å². The second-order valence-corrected chi connectivity index (χ2v) is 7.58. The van der Waals surface area contributed by atoms with Crippen molar-refractivity contribution in [2.24, 2.45) is 5.73 Å². The average molecular weight is 317 g/mol. The molecule has 0 bridgehead atoms. The number of carbonyl (C=O) groups is 1. The van der Waals surface area contributed by atoms with Crippen molar-refractivity contribution in [1.82, 2.24) is 0 Å². The number of hydrogen-bond acceptors (Lipinski definition) is 3. The summed E-state index contributed by atoms with van der Waals surface area (Å²) in [6.45, 7) is 0. The van der Waals surface area contributed by atoms with Gasteiger partial charge in [0.05, 0.1) is 0 Å². The molecule has 0 rings (SSSR count). The van der Waals surface area contributed by atoms with Gasteiger partial charge in [-0.2, -0.15) is 0 Å². The maximum atomic E-state index is 8.78. The summed E-state index contributed by atoms with van der Waals surface area (Å²) in [6.07, 6.45) is -1.33. The van der Waals surface area contributed by atoms with Crippen LogP contribution in [0.3, 0.4) is 0 Å². The van der Waals surface area contributed by atoms with Crippen molar-refractivity contribution in [2.75, 3.05) is 0 Å². The molecule has 0 atom stereocenters. The maximum absolute atomic E-state index is 8.78. The summed E-state index contributed by atoms with van der Waals surface area (Å²) in [6, 6.07) is 0. The molecule has 0 saturated heterocycles. The summed E-state index contributed by atoms with van der Waals surface area (Å²) >= 11 is 4.01. The van der Waals surface area contributed by atoms with Gasteiger partial charge in [-0.25, -0.2) is 4.79 Å². The molecule has 0 aromatic heterocycles. The number of rotatable bonds is 1. The third-order valence-corrected chi connectivity index (χ3v) is 8.75. The standard InChI is InChI=1S/CH3NO2.2Mo.S2/c2-1(3)4;;;1-2/h2H2,(H,3,4);;;/q;2*+1;-2. The van der Waals surface area contributed by atoms with Crippen LogP contribution in [-0.2, 0) is 37.1 Å². The Hall–Kier alpha value is 1.35. The van der Waals surface area contributed by atoms with Crippen LogP contribution in [0.5, 0.6) is 0 Å². The first-order chi connectivity index (χ1) is 3.65. The van der Waals surface area contributed by atoms with Crippen LogP contribution >= 0.6 is 17.0 Å². The molecule has 7 heteroatoms. The quantitative estimate of drug-likeness (QED) is 0.557. The summed E-state index contributed by atoms with van der Waals surface area (Å²) in [5.41, 5.74) is 4.03. The van der Waals surface area contributed by atoms with Crippen molar-refractivity contribution in [2.45, 2.75) is 0 Å². The number of amides is 1. The molecule has 0 radical (unpaired) electrons. The Morgan fingerprint density at radius 3 is 1.62 bits per heavy atom. The van der Waals surface area contributed by atoms with E-state index in [4.69, 9.17) is 9.90 Å². The van der Waals surface area contributed by atoms with E-state index in [1.807, 2.05) is 37.1 Å². The van der Waals surface area contributed by atoms with Gasteiger partial charge in [-0.1, -0.05) is 0 Å². The molecule has 0 aliphatic carbocycles. The molecular weight excluding hydrogens is 314 g/mol. The molecule has 8 heavy (non-hydrogen) atoms. The van der Waals surface area contributed by atoms with Crippen molar-refractivity contribution < 1.29 is 47.0 Å². The van der Waals surface area contributed by atoms with Crippen molar-refractivity contribution in [1.29, 1.82) is 0 Å². The first-order valence-corrected chi connectivity index (χ1v) is 8.13. The van der Waals surface area contributed by atoms with Crippen LogP contribution in [0.25, 0.3) is 0 Å². The molecule has 0 aliphatic heterocycles. The summed E-state index contributed by atoms with van der Waals surface area (Å²) in [5, 5.41) is 7.19. The predicted octanol–water partition coefficient (Wildman–Crippen LogP) is 0.915. The van der Waals surface area contributed by atoms with Crippen molar-refractivity contribution in [3.05, 3.63) is 0 Å². The molecule has 0 saturated carbocycles. The summed E-state index contributed by atoms with van der Waals surface area (Å²) in [7, 11) is 3.58. The fourth-order valence-electron chi connectivity index (χ4n) is 0. The average Bonchev–Trinajstić information content (AvgIpc) is 1.65. The first kappa shape index (κ1) is 12.1. The van der Waals surface area contributed by atoms with Crippen molar-refractivity contribution in [3.8, 4) is 0 Å². The van der Waals surface area contributed by atoms with E-state index in [-0.39, 0.29) is 0 Å². The van der Waals surface area contributed by atoms with Crippen molar-refractivity contribution >= 4 is 23.1 Å². The Labute approximate surface area is 75.1 Å². The Morgan fingerprint density at radius 2 is 1.62 bits per heavy atom. The zero-order valence-electron chi connectivity index (χ0n) is 3.57.